The topological polar surface area (TPSA) is 40.0 Å². The first-order chi connectivity index (χ1) is 8.46. The third-order valence-corrected chi connectivity index (χ3v) is 2.97. The maximum Gasteiger partial charge on any atom is 0.217 e. The minimum Gasteiger partial charge on any atom is -0.496 e. The van der Waals surface area contributed by atoms with E-state index in [2.05, 4.69) is 4.99 Å². The Hall–Kier alpha value is -1.71. The van der Waals surface area contributed by atoms with Crippen molar-refractivity contribution in [3.63, 3.8) is 0 Å². The maximum absolute atomic E-state index is 5.63. The lowest BCUT2D eigenvalue weighted by Gasteiger charge is -2.12. The number of benzene rings is 1. The summed E-state index contributed by atoms with van der Waals surface area (Å²) in [6.07, 6.45) is 0. The molecule has 1 aliphatic heterocycles. The SMILES string of the molecule is COc1cc(C2=NC(C)(C)CO2)cc(OC)c1C. The molecule has 0 radical (unpaired) electrons. The minimum absolute atomic E-state index is 0.166. The van der Waals surface area contributed by atoms with Gasteiger partial charge in [-0.3, -0.25) is 0 Å². The fourth-order valence-electron chi connectivity index (χ4n) is 1.94. The summed E-state index contributed by atoms with van der Waals surface area (Å²) in [4.78, 5) is 4.55. The molecule has 18 heavy (non-hydrogen) atoms. The highest BCUT2D eigenvalue weighted by atomic mass is 16.5. The fraction of sp³-hybridized carbons (Fsp3) is 0.500. The van der Waals surface area contributed by atoms with E-state index in [1.807, 2.05) is 32.9 Å². The molecule has 0 aliphatic carbocycles. The van der Waals surface area contributed by atoms with Crippen LogP contribution in [0.4, 0.5) is 0 Å². The van der Waals surface area contributed by atoms with Crippen LogP contribution in [0.5, 0.6) is 11.5 Å². The van der Waals surface area contributed by atoms with E-state index in [0.29, 0.717) is 12.5 Å². The second-order valence-corrected chi connectivity index (χ2v) is 5.02. The van der Waals surface area contributed by atoms with Crippen LogP contribution in [0.2, 0.25) is 0 Å². The van der Waals surface area contributed by atoms with Gasteiger partial charge in [0, 0.05) is 11.1 Å². The van der Waals surface area contributed by atoms with E-state index in [0.717, 1.165) is 22.6 Å². The van der Waals surface area contributed by atoms with Gasteiger partial charge in [-0.15, -0.1) is 0 Å². The molecule has 98 valence electrons. The molecule has 0 unspecified atom stereocenters. The highest BCUT2D eigenvalue weighted by Gasteiger charge is 2.27. The third-order valence-electron chi connectivity index (χ3n) is 2.97. The van der Waals surface area contributed by atoms with E-state index >= 15 is 0 Å². The minimum atomic E-state index is -0.166. The molecule has 1 heterocycles. The summed E-state index contributed by atoms with van der Waals surface area (Å²) in [7, 11) is 3.29. The first-order valence-electron chi connectivity index (χ1n) is 5.92. The standard InChI is InChI=1S/C14H19NO3/c1-9-11(16-4)6-10(7-12(9)17-5)13-15-14(2,3)8-18-13/h6-7H,8H2,1-5H3. The monoisotopic (exact) mass is 249 g/mol. The van der Waals surface area contributed by atoms with E-state index < -0.39 is 0 Å². The maximum atomic E-state index is 5.63. The van der Waals surface area contributed by atoms with Crippen molar-refractivity contribution in [1.82, 2.24) is 0 Å². The molecule has 0 N–H and O–H groups in total. The zero-order chi connectivity index (χ0) is 13.3. The zero-order valence-corrected chi connectivity index (χ0v) is 11.5. The Labute approximate surface area is 108 Å². The average molecular weight is 249 g/mol. The van der Waals surface area contributed by atoms with Crippen LogP contribution in [0.3, 0.4) is 0 Å². The molecule has 0 spiro atoms. The molecule has 1 aliphatic rings. The predicted molar refractivity (Wildman–Crippen MR) is 70.9 cm³/mol. The number of aliphatic imine (C=N–C) groups is 1. The number of methoxy groups -OCH3 is 2. The van der Waals surface area contributed by atoms with E-state index in [-0.39, 0.29) is 5.54 Å². The summed E-state index contributed by atoms with van der Waals surface area (Å²) < 4.78 is 16.3. The average Bonchev–Trinajstić information content (AvgIpc) is 2.70. The van der Waals surface area contributed by atoms with Crippen molar-refractivity contribution in [3.8, 4) is 11.5 Å². The van der Waals surface area contributed by atoms with Crippen LogP contribution < -0.4 is 9.47 Å². The van der Waals surface area contributed by atoms with Crippen LogP contribution in [0, 0.1) is 6.92 Å². The van der Waals surface area contributed by atoms with Gasteiger partial charge in [0.1, 0.15) is 18.1 Å². The second kappa shape index (κ2) is 4.52. The van der Waals surface area contributed by atoms with Gasteiger partial charge in [0.2, 0.25) is 5.90 Å². The molecule has 1 aromatic carbocycles. The molecule has 4 nitrogen and oxygen atoms in total. The molecule has 0 bridgehead atoms. The predicted octanol–water partition coefficient (Wildman–Crippen LogP) is 2.57. The lowest BCUT2D eigenvalue weighted by Crippen LogP contribution is -2.17. The summed E-state index contributed by atoms with van der Waals surface area (Å²) in [6, 6.07) is 3.86. The molecular formula is C14H19NO3. The molecule has 0 amide bonds. The summed E-state index contributed by atoms with van der Waals surface area (Å²) >= 11 is 0. The van der Waals surface area contributed by atoms with E-state index in [4.69, 9.17) is 14.2 Å². The number of hydrogen-bond acceptors (Lipinski definition) is 4. The van der Waals surface area contributed by atoms with Crippen molar-refractivity contribution < 1.29 is 14.2 Å². The Morgan fingerprint density at radius 1 is 1.17 bits per heavy atom. The first kappa shape index (κ1) is 12.7. The molecule has 2 rings (SSSR count). The third kappa shape index (κ3) is 2.28. The Balaban J connectivity index is 2.46. The van der Waals surface area contributed by atoms with Crippen LogP contribution in [0.1, 0.15) is 25.0 Å². The fourth-order valence-corrected chi connectivity index (χ4v) is 1.94. The Bertz CT molecular complexity index is 467. The van der Waals surface area contributed by atoms with Gasteiger partial charge in [0.25, 0.3) is 0 Å². The molecule has 0 saturated carbocycles. The lowest BCUT2D eigenvalue weighted by atomic mass is 10.1. The van der Waals surface area contributed by atoms with E-state index in [9.17, 15) is 0 Å². The van der Waals surface area contributed by atoms with Crippen molar-refractivity contribution in [3.05, 3.63) is 23.3 Å². The number of hydrogen-bond donors (Lipinski definition) is 0. The molecule has 1 aromatic rings. The van der Waals surface area contributed by atoms with Crippen molar-refractivity contribution in [1.29, 1.82) is 0 Å². The number of nitrogens with zero attached hydrogens (tertiary/aromatic N) is 1. The largest absolute Gasteiger partial charge is 0.496 e. The van der Waals surface area contributed by atoms with Gasteiger partial charge in [-0.05, 0) is 32.9 Å². The molecule has 0 aromatic heterocycles. The Morgan fingerprint density at radius 2 is 1.72 bits per heavy atom. The van der Waals surface area contributed by atoms with E-state index in [1.54, 1.807) is 14.2 Å². The highest BCUT2D eigenvalue weighted by molar-refractivity contribution is 5.96. The van der Waals surface area contributed by atoms with Crippen molar-refractivity contribution >= 4 is 5.90 Å². The second-order valence-electron chi connectivity index (χ2n) is 5.02. The summed E-state index contributed by atoms with van der Waals surface area (Å²) in [5.41, 5.74) is 1.70. The smallest absolute Gasteiger partial charge is 0.217 e. The van der Waals surface area contributed by atoms with Gasteiger partial charge in [0.15, 0.2) is 0 Å². The first-order valence-corrected chi connectivity index (χ1v) is 5.92. The molecule has 4 heteroatoms. The Kier molecular flexibility index (Phi) is 3.20. The summed E-state index contributed by atoms with van der Waals surface area (Å²) in [6.45, 7) is 6.65. The molecule has 0 fully saturated rings. The normalized spacial score (nSPS) is 17.1. The number of rotatable bonds is 3. The van der Waals surface area contributed by atoms with Gasteiger partial charge in [-0.25, -0.2) is 4.99 Å². The van der Waals surface area contributed by atoms with Crippen molar-refractivity contribution in [2.24, 2.45) is 4.99 Å². The van der Waals surface area contributed by atoms with Crippen LogP contribution in [-0.4, -0.2) is 32.3 Å². The lowest BCUT2D eigenvalue weighted by molar-refractivity contribution is 0.279. The van der Waals surface area contributed by atoms with Crippen LogP contribution >= 0.6 is 0 Å². The molecule has 0 atom stereocenters. The van der Waals surface area contributed by atoms with Gasteiger partial charge in [-0.1, -0.05) is 0 Å². The highest BCUT2D eigenvalue weighted by Crippen LogP contribution is 2.31. The van der Waals surface area contributed by atoms with Gasteiger partial charge in [0.05, 0.1) is 19.8 Å². The van der Waals surface area contributed by atoms with E-state index in [1.165, 1.54) is 0 Å². The van der Waals surface area contributed by atoms with Gasteiger partial charge < -0.3 is 14.2 Å². The molecular weight excluding hydrogens is 230 g/mol. The van der Waals surface area contributed by atoms with Crippen molar-refractivity contribution in [2.45, 2.75) is 26.3 Å². The van der Waals surface area contributed by atoms with Gasteiger partial charge in [-0.2, -0.15) is 0 Å². The van der Waals surface area contributed by atoms with Gasteiger partial charge >= 0.3 is 0 Å². The Morgan fingerprint density at radius 3 is 2.11 bits per heavy atom. The van der Waals surface area contributed by atoms with Crippen LogP contribution in [-0.2, 0) is 4.74 Å². The summed E-state index contributed by atoms with van der Waals surface area (Å²) in [5.74, 6) is 2.21. The molecule has 0 saturated heterocycles. The van der Waals surface area contributed by atoms with Crippen molar-refractivity contribution in [2.75, 3.05) is 20.8 Å². The quantitative estimate of drug-likeness (QED) is 0.826. The van der Waals surface area contributed by atoms with Crippen LogP contribution in [0.25, 0.3) is 0 Å². The number of ether oxygens (including phenoxy) is 3. The van der Waals surface area contributed by atoms with Crippen LogP contribution in [0.15, 0.2) is 17.1 Å². The zero-order valence-electron chi connectivity index (χ0n) is 11.5. The summed E-state index contributed by atoms with van der Waals surface area (Å²) in [5, 5.41) is 0.